The largest absolute Gasteiger partial charge is 0.394 e. The van der Waals surface area contributed by atoms with Gasteiger partial charge in [-0.1, -0.05) is 373 Å². The number of hydrogen-bond donors (Lipinski definition) is 12. The molecular formula is C87H167NO18. The molecule has 0 aromatic carbocycles. The molecule has 12 N–H and O–H groups in total. The fourth-order valence-electron chi connectivity index (χ4n) is 15.7. The molecule has 0 aromatic heterocycles. The Bertz CT molecular complexity index is 1960. The zero-order valence-electron chi connectivity index (χ0n) is 67.7. The van der Waals surface area contributed by atoms with E-state index in [0.29, 0.717) is 12.8 Å². The van der Waals surface area contributed by atoms with Crippen molar-refractivity contribution in [1.82, 2.24) is 5.32 Å². The summed E-state index contributed by atoms with van der Waals surface area (Å²) in [6.07, 6.45) is 56.3. The molecule has 17 atom stereocenters. The molecule has 0 aliphatic carbocycles. The normalized spacial score (nSPS) is 25.6. The van der Waals surface area contributed by atoms with E-state index in [1.807, 2.05) is 0 Å². The minimum Gasteiger partial charge on any atom is -0.394 e. The van der Waals surface area contributed by atoms with Gasteiger partial charge in [-0.3, -0.25) is 4.79 Å². The second kappa shape index (κ2) is 68.0. The average molecular weight is 1520 g/mol. The molecule has 0 radical (unpaired) electrons. The van der Waals surface area contributed by atoms with Crippen LogP contribution in [0.25, 0.3) is 0 Å². The number of allylic oxidation sites excluding steroid dienone is 2. The standard InChI is InChI=1S/C87H167NO18/c1-3-5-7-9-11-13-15-17-19-21-23-25-26-27-28-29-30-31-32-33-34-35-36-37-38-39-40-41-42-43-44-45-47-49-51-53-55-57-59-61-63-65-75(93)88-70(71(92)64-62-60-58-56-54-52-50-48-46-24-22-20-18-16-14-12-10-8-6-4-2)69-101-85-81(99)78(96)83(73(67-90)103-85)106-87-82(100)79(97)84(74(68-91)104-87)105-86-80(98)77(95)76(94)72(66-89)102-86/h21,23,70-74,76-87,89-92,94-100H,3-20,22,24-69H2,1-2H3,(H,88,93)/b23-21-. The van der Waals surface area contributed by atoms with Crippen LogP contribution in [-0.4, -0.2) is 193 Å². The van der Waals surface area contributed by atoms with Crippen molar-refractivity contribution in [3.63, 3.8) is 0 Å². The molecule has 0 aromatic rings. The minimum atomic E-state index is -1.97. The first-order valence-corrected chi connectivity index (χ1v) is 44.9. The second-order valence-corrected chi connectivity index (χ2v) is 32.4. The molecule has 1 amide bonds. The number of rotatable bonds is 74. The number of aliphatic hydroxyl groups is 11. The summed E-state index contributed by atoms with van der Waals surface area (Å²) in [7, 11) is 0. The van der Waals surface area contributed by atoms with Crippen LogP contribution < -0.4 is 5.32 Å². The molecule has 3 saturated heterocycles. The van der Waals surface area contributed by atoms with E-state index in [1.54, 1.807) is 0 Å². The number of carbonyl (C=O) groups excluding carboxylic acids is 1. The quantitative estimate of drug-likeness (QED) is 0.0199. The van der Waals surface area contributed by atoms with Crippen LogP contribution in [0.15, 0.2) is 12.2 Å². The highest BCUT2D eigenvalue weighted by atomic mass is 16.8. The molecule has 3 rings (SSSR count). The smallest absolute Gasteiger partial charge is 0.220 e. The molecule has 19 heteroatoms. The van der Waals surface area contributed by atoms with Gasteiger partial charge in [-0.2, -0.15) is 0 Å². The minimum absolute atomic E-state index is 0.232. The van der Waals surface area contributed by atoms with Crippen molar-refractivity contribution in [1.29, 1.82) is 0 Å². The van der Waals surface area contributed by atoms with Crippen molar-refractivity contribution in [2.45, 2.75) is 510 Å². The van der Waals surface area contributed by atoms with Gasteiger partial charge in [0.15, 0.2) is 18.9 Å². The summed E-state index contributed by atoms with van der Waals surface area (Å²) in [6.45, 7) is 1.87. The SMILES string of the molecule is CCCCCCCCCC/C=C\CCCCCCCCCCCCCCCCCCCCCCCCCCCCCCCC(=O)NC(COC1OC(CO)C(OC2OC(CO)C(OC3OC(CO)C(O)C(O)C3O)C(O)C2O)C(O)C1O)C(O)CCCCCCCCCCCCCCCCCCCCCC. The third kappa shape index (κ3) is 46.6. The number of aliphatic hydroxyl groups excluding tert-OH is 11. The van der Waals surface area contributed by atoms with Gasteiger partial charge in [0.05, 0.1) is 38.6 Å². The summed E-state index contributed by atoms with van der Waals surface area (Å²) >= 11 is 0. The Morgan fingerprint density at radius 3 is 0.915 bits per heavy atom. The molecule has 3 heterocycles. The lowest BCUT2D eigenvalue weighted by Crippen LogP contribution is -2.66. The number of ether oxygens (including phenoxy) is 6. The van der Waals surface area contributed by atoms with Gasteiger partial charge in [0.1, 0.15) is 73.2 Å². The maximum Gasteiger partial charge on any atom is 0.220 e. The van der Waals surface area contributed by atoms with Crippen LogP contribution in [0, 0.1) is 0 Å². The highest BCUT2D eigenvalue weighted by Crippen LogP contribution is 2.34. The maximum absolute atomic E-state index is 13.5. The van der Waals surface area contributed by atoms with E-state index in [1.165, 1.54) is 327 Å². The van der Waals surface area contributed by atoms with Gasteiger partial charge in [0.2, 0.25) is 5.91 Å². The number of carbonyl (C=O) groups is 1. The third-order valence-corrected chi connectivity index (χ3v) is 22.8. The van der Waals surface area contributed by atoms with Crippen molar-refractivity contribution in [2.24, 2.45) is 0 Å². The second-order valence-electron chi connectivity index (χ2n) is 32.4. The Balaban J connectivity index is 1.27. The van der Waals surface area contributed by atoms with Gasteiger partial charge in [-0.15, -0.1) is 0 Å². The summed E-state index contributed by atoms with van der Waals surface area (Å²) < 4.78 is 34.6. The van der Waals surface area contributed by atoms with Crippen molar-refractivity contribution in [2.75, 3.05) is 26.4 Å². The summed E-state index contributed by atoms with van der Waals surface area (Å²) in [4.78, 5) is 13.5. The topological polar surface area (TPSA) is 307 Å². The van der Waals surface area contributed by atoms with Gasteiger partial charge >= 0.3 is 0 Å². The van der Waals surface area contributed by atoms with Gasteiger partial charge in [0, 0.05) is 6.42 Å². The molecule has 0 saturated carbocycles. The first-order valence-electron chi connectivity index (χ1n) is 44.9. The lowest BCUT2D eigenvalue weighted by atomic mass is 9.96. The van der Waals surface area contributed by atoms with Crippen molar-refractivity contribution in [3.05, 3.63) is 12.2 Å². The van der Waals surface area contributed by atoms with Crippen LogP contribution in [0.1, 0.15) is 406 Å². The van der Waals surface area contributed by atoms with Gasteiger partial charge in [-0.05, 0) is 38.5 Å². The molecule has 17 unspecified atom stereocenters. The lowest BCUT2D eigenvalue weighted by Gasteiger charge is -2.48. The van der Waals surface area contributed by atoms with E-state index in [4.69, 9.17) is 28.4 Å². The molecule has 3 fully saturated rings. The summed E-state index contributed by atoms with van der Waals surface area (Å²) in [6, 6.07) is -0.884. The summed E-state index contributed by atoms with van der Waals surface area (Å²) in [5, 5.41) is 121. The fraction of sp³-hybridized carbons (Fsp3) is 0.966. The highest BCUT2D eigenvalue weighted by Gasteiger charge is 2.54. The van der Waals surface area contributed by atoms with Crippen LogP contribution in [0.5, 0.6) is 0 Å². The Kier molecular flexibility index (Phi) is 63.3. The lowest BCUT2D eigenvalue weighted by molar-refractivity contribution is -0.379. The van der Waals surface area contributed by atoms with Crippen LogP contribution in [0.3, 0.4) is 0 Å². The van der Waals surface area contributed by atoms with Gasteiger partial charge < -0.3 is 89.9 Å². The number of amides is 1. The zero-order chi connectivity index (χ0) is 76.7. The van der Waals surface area contributed by atoms with Crippen molar-refractivity contribution in [3.8, 4) is 0 Å². The first kappa shape index (κ1) is 98.7. The molecule has 628 valence electrons. The fourth-order valence-corrected chi connectivity index (χ4v) is 15.7. The number of hydrogen-bond acceptors (Lipinski definition) is 18. The van der Waals surface area contributed by atoms with Crippen molar-refractivity contribution >= 4 is 5.91 Å². The summed E-state index contributed by atoms with van der Waals surface area (Å²) in [5.74, 6) is -0.232. The van der Waals surface area contributed by atoms with E-state index in [2.05, 4.69) is 31.3 Å². The molecule has 0 spiro atoms. The maximum atomic E-state index is 13.5. The monoisotopic (exact) mass is 1510 g/mol. The van der Waals surface area contributed by atoms with Crippen LogP contribution in [0.2, 0.25) is 0 Å². The average Bonchev–Trinajstić information content (AvgIpc) is 0.780. The molecule has 106 heavy (non-hydrogen) atoms. The first-order chi connectivity index (χ1) is 51.8. The van der Waals surface area contributed by atoms with Crippen molar-refractivity contribution < 1.29 is 89.4 Å². The number of unbranched alkanes of at least 4 members (excludes halogenated alkanes) is 56. The third-order valence-electron chi connectivity index (χ3n) is 22.8. The van der Waals surface area contributed by atoms with E-state index >= 15 is 0 Å². The zero-order valence-corrected chi connectivity index (χ0v) is 67.7. The Hall–Kier alpha value is -1.47. The molecule has 3 aliphatic heterocycles. The van der Waals surface area contributed by atoms with E-state index in [9.17, 15) is 61.0 Å². The summed E-state index contributed by atoms with van der Waals surface area (Å²) in [5.41, 5.74) is 0. The molecule has 3 aliphatic rings. The number of nitrogens with one attached hydrogen (secondary N) is 1. The highest BCUT2D eigenvalue weighted by molar-refractivity contribution is 5.76. The van der Waals surface area contributed by atoms with Gasteiger partial charge in [-0.25, -0.2) is 0 Å². The van der Waals surface area contributed by atoms with Crippen LogP contribution in [0.4, 0.5) is 0 Å². The molecule has 19 nitrogen and oxygen atoms in total. The van der Waals surface area contributed by atoms with E-state index in [-0.39, 0.29) is 18.9 Å². The van der Waals surface area contributed by atoms with Crippen LogP contribution in [-0.2, 0) is 33.2 Å². The molecule has 0 bridgehead atoms. The predicted molar refractivity (Wildman–Crippen MR) is 425 cm³/mol. The van der Waals surface area contributed by atoms with E-state index in [0.717, 1.165) is 44.9 Å². The van der Waals surface area contributed by atoms with Crippen LogP contribution >= 0.6 is 0 Å². The predicted octanol–water partition coefficient (Wildman–Crippen LogP) is 16.7. The van der Waals surface area contributed by atoms with E-state index < -0.39 is 124 Å². The Labute approximate surface area is 646 Å². The molecular weight excluding hydrogens is 1350 g/mol. The Morgan fingerprint density at radius 2 is 0.594 bits per heavy atom. The Morgan fingerprint density at radius 1 is 0.330 bits per heavy atom. The van der Waals surface area contributed by atoms with Gasteiger partial charge in [0.25, 0.3) is 0 Å².